The molecule has 1 atom stereocenters. The highest BCUT2D eigenvalue weighted by molar-refractivity contribution is 6.07. The molecule has 0 radical (unpaired) electrons. The molecule has 7 heteroatoms. The molecule has 3 N–H and O–H groups in total. The van der Waals surface area contributed by atoms with E-state index in [0.29, 0.717) is 5.69 Å². The molecule has 1 aliphatic rings. The Morgan fingerprint density at radius 1 is 1.48 bits per heavy atom. The van der Waals surface area contributed by atoms with Crippen LogP contribution in [0, 0.1) is 0 Å². The molecule has 1 aromatic carbocycles. The number of hydrogen-bond donors (Lipinski definition) is 2. The van der Waals surface area contributed by atoms with E-state index >= 15 is 0 Å². The number of para-hydroxylation sites is 1. The van der Waals surface area contributed by atoms with Crippen LogP contribution in [0.3, 0.4) is 0 Å². The smallest absolute Gasteiger partial charge is 0.340 e. The molecule has 1 unspecified atom stereocenters. The fourth-order valence-corrected chi connectivity index (χ4v) is 2.13. The number of likely N-dealkylation sites (N-methyl/N-ethyl adjacent to an activating group) is 1. The van der Waals surface area contributed by atoms with Crippen LogP contribution in [0.1, 0.15) is 23.7 Å². The molecular weight excluding hydrogens is 274 g/mol. The maximum absolute atomic E-state index is 11.9. The lowest BCUT2D eigenvalue weighted by molar-refractivity contribution is -0.136. The lowest BCUT2D eigenvalue weighted by Crippen LogP contribution is -2.32. The second kappa shape index (κ2) is 5.82. The summed E-state index contributed by atoms with van der Waals surface area (Å²) in [5, 5.41) is 2.91. The van der Waals surface area contributed by atoms with E-state index in [1.165, 1.54) is 7.05 Å². The Bertz CT molecular complexity index is 600. The molecule has 1 aromatic rings. The van der Waals surface area contributed by atoms with Crippen LogP contribution in [-0.4, -0.2) is 42.4 Å². The summed E-state index contributed by atoms with van der Waals surface area (Å²) >= 11 is 0. The van der Waals surface area contributed by atoms with Gasteiger partial charge in [-0.25, -0.2) is 4.79 Å². The molecule has 1 heterocycles. The molecule has 0 spiro atoms. The van der Waals surface area contributed by atoms with Crippen LogP contribution in [0.2, 0.25) is 0 Å². The van der Waals surface area contributed by atoms with Gasteiger partial charge in [0.05, 0.1) is 30.0 Å². The fourth-order valence-electron chi connectivity index (χ4n) is 2.13. The molecule has 0 saturated carbocycles. The van der Waals surface area contributed by atoms with E-state index in [1.807, 2.05) is 0 Å². The van der Waals surface area contributed by atoms with Gasteiger partial charge in [0, 0.05) is 7.05 Å². The Balaban J connectivity index is 2.22. The van der Waals surface area contributed by atoms with Crippen molar-refractivity contribution < 1.29 is 19.1 Å². The van der Waals surface area contributed by atoms with Gasteiger partial charge in [0.25, 0.3) is 5.91 Å². The normalized spacial score (nSPS) is 18.0. The predicted octanol–water partition coefficient (Wildman–Crippen LogP) is 0.615. The van der Waals surface area contributed by atoms with Gasteiger partial charge in [-0.15, -0.1) is 0 Å². The summed E-state index contributed by atoms with van der Waals surface area (Å²) in [6.07, 6.45) is 0.0679. The first-order chi connectivity index (χ1) is 9.95. The minimum Gasteiger partial charge on any atom is -0.462 e. The first-order valence-electron chi connectivity index (χ1n) is 6.58. The molecule has 1 aliphatic heterocycles. The Labute approximate surface area is 122 Å². The first kappa shape index (κ1) is 14.8. The summed E-state index contributed by atoms with van der Waals surface area (Å²) in [6.45, 7) is 1.95. The molecule has 0 aliphatic carbocycles. The van der Waals surface area contributed by atoms with Gasteiger partial charge in [0.2, 0.25) is 5.91 Å². The predicted molar refractivity (Wildman–Crippen MR) is 76.6 cm³/mol. The molecule has 21 heavy (non-hydrogen) atoms. The minimum atomic E-state index is -0.665. The van der Waals surface area contributed by atoms with E-state index in [9.17, 15) is 14.4 Å². The first-order valence-corrected chi connectivity index (χ1v) is 6.58. The number of hydrogen-bond acceptors (Lipinski definition) is 6. The van der Waals surface area contributed by atoms with Crippen molar-refractivity contribution in [2.24, 2.45) is 0 Å². The zero-order valence-electron chi connectivity index (χ0n) is 11.9. The van der Waals surface area contributed by atoms with E-state index in [-0.39, 0.29) is 36.1 Å². The molecule has 0 bridgehead atoms. The van der Waals surface area contributed by atoms with Crippen LogP contribution in [0.15, 0.2) is 18.2 Å². The van der Waals surface area contributed by atoms with Crippen molar-refractivity contribution in [2.45, 2.75) is 19.4 Å². The maximum atomic E-state index is 11.9. The highest BCUT2D eigenvalue weighted by Gasteiger charge is 2.36. The van der Waals surface area contributed by atoms with E-state index < -0.39 is 12.0 Å². The third-order valence-corrected chi connectivity index (χ3v) is 3.31. The van der Waals surface area contributed by atoms with Crippen molar-refractivity contribution in [1.29, 1.82) is 0 Å². The highest BCUT2D eigenvalue weighted by atomic mass is 16.5. The fraction of sp³-hybridized carbons (Fsp3) is 0.357. The monoisotopic (exact) mass is 291 g/mol. The second-order valence-electron chi connectivity index (χ2n) is 4.68. The number of carbonyl (C=O) groups excluding carboxylic acids is 3. The van der Waals surface area contributed by atoms with Gasteiger partial charge >= 0.3 is 5.97 Å². The average molecular weight is 291 g/mol. The van der Waals surface area contributed by atoms with Crippen LogP contribution in [0.5, 0.6) is 0 Å². The highest BCUT2D eigenvalue weighted by Crippen LogP contribution is 2.26. The van der Waals surface area contributed by atoms with E-state index in [0.717, 1.165) is 4.90 Å². The number of benzene rings is 1. The largest absolute Gasteiger partial charge is 0.462 e. The average Bonchev–Trinajstić information content (AvgIpc) is 2.69. The number of nitrogens with zero attached hydrogens (tertiary/aromatic N) is 1. The quantitative estimate of drug-likeness (QED) is 0.479. The van der Waals surface area contributed by atoms with Crippen LogP contribution < -0.4 is 11.1 Å². The third kappa shape index (κ3) is 2.81. The Morgan fingerprint density at radius 2 is 2.19 bits per heavy atom. The summed E-state index contributed by atoms with van der Waals surface area (Å²) in [7, 11) is 1.44. The molecule has 1 saturated heterocycles. The molecule has 112 valence electrons. The third-order valence-electron chi connectivity index (χ3n) is 3.31. The number of amides is 2. The number of nitrogens with one attached hydrogen (secondary N) is 1. The minimum absolute atomic E-state index is 0.0679. The second-order valence-corrected chi connectivity index (χ2v) is 4.68. The summed E-state index contributed by atoms with van der Waals surface area (Å²) in [5.41, 5.74) is 6.80. The van der Waals surface area contributed by atoms with Gasteiger partial charge < -0.3 is 15.8 Å². The van der Waals surface area contributed by atoms with Crippen molar-refractivity contribution in [3.8, 4) is 0 Å². The number of imide groups is 1. The number of ether oxygens (including phenoxy) is 1. The number of likely N-dealkylation sites (tertiary alicyclic amines) is 1. The Kier molecular flexibility index (Phi) is 4.11. The van der Waals surface area contributed by atoms with Gasteiger partial charge in [-0.2, -0.15) is 0 Å². The zero-order valence-corrected chi connectivity index (χ0v) is 11.9. The van der Waals surface area contributed by atoms with Gasteiger partial charge in [0.15, 0.2) is 0 Å². The van der Waals surface area contributed by atoms with Gasteiger partial charge in [0.1, 0.15) is 6.04 Å². The van der Waals surface area contributed by atoms with Crippen LogP contribution in [-0.2, 0) is 14.3 Å². The van der Waals surface area contributed by atoms with Crippen molar-refractivity contribution in [1.82, 2.24) is 4.90 Å². The zero-order chi connectivity index (χ0) is 15.6. The molecule has 2 amide bonds. The maximum Gasteiger partial charge on any atom is 0.340 e. The summed E-state index contributed by atoms with van der Waals surface area (Å²) in [5.74, 6) is -1.09. The topological polar surface area (TPSA) is 102 Å². The van der Waals surface area contributed by atoms with Crippen molar-refractivity contribution in [2.75, 3.05) is 24.7 Å². The van der Waals surface area contributed by atoms with E-state index in [1.54, 1.807) is 25.1 Å². The van der Waals surface area contributed by atoms with Crippen molar-refractivity contribution in [3.05, 3.63) is 23.8 Å². The number of esters is 1. The number of anilines is 2. The van der Waals surface area contributed by atoms with Crippen LogP contribution in [0.25, 0.3) is 0 Å². The number of carbonyl (C=O) groups is 3. The molecule has 7 nitrogen and oxygen atoms in total. The summed E-state index contributed by atoms with van der Waals surface area (Å²) in [4.78, 5) is 36.2. The molecule has 0 aromatic heterocycles. The summed E-state index contributed by atoms with van der Waals surface area (Å²) in [6, 6.07) is 4.17. The van der Waals surface area contributed by atoms with Gasteiger partial charge in [-0.3, -0.25) is 14.5 Å². The molecule has 2 rings (SSSR count). The van der Waals surface area contributed by atoms with Crippen molar-refractivity contribution >= 4 is 29.2 Å². The standard InChI is InChI=1S/C14H17N3O4/c1-3-21-14(20)8-5-4-6-9(12(8)15)16-10-7-11(18)17(2)13(10)19/h4-6,10,16H,3,7,15H2,1-2H3. The van der Waals surface area contributed by atoms with E-state index in [2.05, 4.69) is 5.32 Å². The lowest BCUT2D eigenvalue weighted by atomic mass is 10.1. The summed E-state index contributed by atoms with van der Waals surface area (Å²) < 4.78 is 4.91. The number of nitrogen functional groups attached to an aromatic ring is 1. The van der Waals surface area contributed by atoms with Crippen molar-refractivity contribution in [3.63, 3.8) is 0 Å². The Morgan fingerprint density at radius 3 is 2.76 bits per heavy atom. The Hall–Kier alpha value is -2.57. The van der Waals surface area contributed by atoms with Crippen LogP contribution in [0.4, 0.5) is 11.4 Å². The lowest BCUT2D eigenvalue weighted by Gasteiger charge is -2.16. The molecule has 1 fully saturated rings. The molecular formula is C14H17N3O4. The van der Waals surface area contributed by atoms with Gasteiger partial charge in [-0.05, 0) is 19.1 Å². The SMILES string of the molecule is CCOC(=O)c1cccc(NC2CC(=O)N(C)C2=O)c1N. The van der Waals surface area contributed by atoms with Gasteiger partial charge in [-0.1, -0.05) is 6.07 Å². The number of nitrogens with two attached hydrogens (primary N) is 1. The van der Waals surface area contributed by atoms with Crippen LogP contribution >= 0.6 is 0 Å². The number of rotatable bonds is 4. The van der Waals surface area contributed by atoms with E-state index in [4.69, 9.17) is 10.5 Å².